The summed E-state index contributed by atoms with van der Waals surface area (Å²) in [5, 5.41) is 3.43. The Labute approximate surface area is 197 Å². The van der Waals surface area contributed by atoms with E-state index in [0.29, 0.717) is 0 Å². The van der Waals surface area contributed by atoms with E-state index in [1.807, 2.05) is 30.3 Å². The number of para-hydroxylation sites is 3. The number of rotatable bonds is 11. The van der Waals surface area contributed by atoms with Crippen LogP contribution in [0.1, 0.15) is 18.4 Å². The molecule has 1 aliphatic heterocycles. The van der Waals surface area contributed by atoms with Gasteiger partial charge in [0.15, 0.2) is 0 Å². The molecule has 3 aromatic carbocycles. The van der Waals surface area contributed by atoms with Gasteiger partial charge in [-0.1, -0.05) is 42.5 Å². The molecule has 1 fully saturated rings. The summed E-state index contributed by atoms with van der Waals surface area (Å²) in [5.74, 6) is 1.91. The zero-order valence-electron chi connectivity index (χ0n) is 19.6. The lowest BCUT2D eigenvalue weighted by Crippen LogP contribution is -2.46. The van der Waals surface area contributed by atoms with E-state index < -0.39 is 0 Å². The number of anilines is 2. The van der Waals surface area contributed by atoms with Crippen LogP contribution in [0.5, 0.6) is 11.5 Å². The van der Waals surface area contributed by atoms with Crippen molar-refractivity contribution in [2.24, 2.45) is 0 Å². The van der Waals surface area contributed by atoms with E-state index in [1.54, 1.807) is 7.11 Å². The quantitative estimate of drug-likeness (QED) is 0.406. The first-order chi connectivity index (χ1) is 16.3. The fourth-order valence-electron chi connectivity index (χ4n) is 4.19. The Hall–Kier alpha value is -3.18. The molecule has 1 heterocycles. The topological polar surface area (TPSA) is 37.0 Å². The van der Waals surface area contributed by atoms with Gasteiger partial charge in [-0.2, -0.15) is 0 Å². The third kappa shape index (κ3) is 6.90. The van der Waals surface area contributed by atoms with Crippen molar-refractivity contribution >= 4 is 11.4 Å². The standard InChI is InChI=1S/C28H35N3O2/c1-32-28-12-6-5-11-27(28)31-20-18-30(19-21-31)17-7-8-22-33-26-15-13-24(14-16-26)23-29-25-9-3-2-4-10-25/h2-6,9-16,29H,7-8,17-23H2,1H3. The molecule has 0 aliphatic carbocycles. The van der Waals surface area contributed by atoms with Crippen LogP contribution in [0, 0.1) is 0 Å². The Balaban J connectivity index is 1.10. The third-order valence-electron chi connectivity index (χ3n) is 6.13. The highest BCUT2D eigenvalue weighted by Gasteiger charge is 2.19. The summed E-state index contributed by atoms with van der Waals surface area (Å²) in [4.78, 5) is 4.98. The van der Waals surface area contributed by atoms with Crippen LogP contribution >= 0.6 is 0 Å². The maximum atomic E-state index is 5.95. The second-order valence-electron chi connectivity index (χ2n) is 8.42. The molecule has 174 valence electrons. The molecule has 5 nitrogen and oxygen atoms in total. The smallest absolute Gasteiger partial charge is 0.142 e. The maximum Gasteiger partial charge on any atom is 0.142 e. The second-order valence-corrected chi connectivity index (χ2v) is 8.42. The number of benzene rings is 3. The molecule has 0 spiro atoms. The molecule has 0 amide bonds. The molecule has 1 saturated heterocycles. The summed E-state index contributed by atoms with van der Waals surface area (Å²) >= 11 is 0. The number of hydrogen-bond donors (Lipinski definition) is 1. The summed E-state index contributed by atoms with van der Waals surface area (Å²) in [6.07, 6.45) is 2.23. The van der Waals surface area contributed by atoms with E-state index in [-0.39, 0.29) is 0 Å². The van der Waals surface area contributed by atoms with Crippen molar-refractivity contribution in [3.8, 4) is 11.5 Å². The largest absolute Gasteiger partial charge is 0.495 e. The van der Waals surface area contributed by atoms with Crippen LogP contribution in [-0.2, 0) is 6.54 Å². The van der Waals surface area contributed by atoms with Gasteiger partial charge in [-0.15, -0.1) is 0 Å². The highest BCUT2D eigenvalue weighted by atomic mass is 16.5. The van der Waals surface area contributed by atoms with Crippen molar-refractivity contribution < 1.29 is 9.47 Å². The SMILES string of the molecule is COc1ccccc1N1CCN(CCCCOc2ccc(CNc3ccccc3)cc2)CC1. The molecule has 0 unspecified atom stereocenters. The average molecular weight is 446 g/mol. The van der Waals surface area contributed by atoms with Gasteiger partial charge in [0.05, 0.1) is 19.4 Å². The minimum absolute atomic E-state index is 0.767. The monoisotopic (exact) mass is 445 g/mol. The molecule has 33 heavy (non-hydrogen) atoms. The van der Waals surface area contributed by atoms with Crippen LogP contribution in [0.2, 0.25) is 0 Å². The van der Waals surface area contributed by atoms with E-state index in [2.05, 4.69) is 63.6 Å². The van der Waals surface area contributed by atoms with Crippen molar-refractivity contribution in [1.82, 2.24) is 4.90 Å². The molecule has 1 aliphatic rings. The number of ether oxygens (including phenoxy) is 2. The summed E-state index contributed by atoms with van der Waals surface area (Å²) in [5.41, 5.74) is 3.59. The van der Waals surface area contributed by atoms with Gasteiger partial charge in [0.2, 0.25) is 0 Å². The van der Waals surface area contributed by atoms with Crippen molar-refractivity contribution in [3.05, 3.63) is 84.4 Å². The molecule has 0 radical (unpaired) electrons. The Morgan fingerprint density at radius 2 is 1.52 bits per heavy atom. The Bertz CT molecular complexity index is 954. The van der Waals surface area contributed by atoms with E-state index in [9.17, 15) is 0 Å². The van der Waals surface area contributed by atoms with E-state index in [1.165, 1.54) is 11.3 Å². The van der Waals surface area contributed by atoms with Gasteiger partial charge in [0.25, 0.3) is 0 Å². The lowest BCUT2D eigenvalue weighted by atomic mass is 10.2. The van der Waals surface area contributed by atoms with Crippen molar-refractivity contribution in [3.63, 3.8) is 0 Å². The van der Waals surface area contributed by atoms with Crippen LogP contribution in [-0.4, -0.2) is 51.3 Å². The van der Waals surface area contributed by atoms with Crippen LogP contribution in [0.25, 0.3) is 0 Å². The average Bonchev–Trinajstić information content (AvgIpc) is 2.89. The fourth-order valence-corrected chi connectivity index (χ4v) is 4.19. The molecule has 3 aromatic rings. The number of nitrogens with zero attached hydrogens (tertiary/aromatic N) is 2. The lowest BCUT2D eigenvalue weighted by molar-refractivity contribution is 0.238. The van der Waals surface area contributed by atoms with Crippen LogP contribution in [0.3, 0.4) is 0 Å². The Kier molecular flexibility index (Phi) is 8.48. The van der Waals surface area contributed by atoms with E-state index >= 15 is 0 Å². The highest BCUT2D eigenvalue weighted by Crippen LogP contribution is 2.28. The predicted molar refractivity (Wildman–Crippen MR) is 137 cm³/mol. The number of nitrogens with one attached hydrogen (secondary N) is 1. The van der Waals surface area contributed by atoms with Crippen LogP contribution < -0.4 is 19.7 Å². The maximum absolute atomic E-state index is 5.95. The Morgan fingerprint density at radius 1 is 0.788 bits per heavy atom. The van der Waals surface area contributed by atoms with Crippen molar-refractivity contribution in [1.29, 1.82) is 0 Å². The minimum Gasteiger partial charge on any atom is -0.495 e. The minimum atomic E-state index is 0.767. The number of methoxy groups -OCH3 is 1. The molecule has 0 atom stereocenters. The van der Waals surface area contributed by atoms with Gasteiger partial charge in [0, 0.05) is 38.4 Å². The fraction of sp³-hybridized carbons (Fsp3) is 0.357. The first-order valence-electron chi connectivity index (χ1n) is 11.9. The van der Waals surface area contributed by atoms with Gasteiger partial charge in [-0.3, -0.25) is 4.90 Å². The third-order valence-corrected chi connectivity index (χ3v) is 6.13. The zero-order valence-corrected chi connectivity index (χ0v) is 19.6. The molecular weight excluding hydrogens is 410 g/mol. The molecular formula is C28H35N3O2. The van der Waals surface area contributed by atoms with Crippen molar-refractivity contribution in [2.75, 3.05) is 56.7 Å². The molecule has 5 heteroatoms. The molecule has 0 saturated carbocycles. The van der Waals surface area contributed by atoms with Crippen molar-refractivity contribution in [2.45, 2.75) is 19.4 Å². The summed E-state index contributed by atoms with van der Waals surface area (Å²) < 4.78 is 11.5. The molecule has 0 bridgehead atoms. The summed E-state index contributed by atoms with van der Waals surface area (Å²) in [7, 11) is 1.74. The first kappa shape index (κ1) is 23.0. The lowest BCUT2D eigenvalue weighted by Gasteiger charge is -2.36. The van der Waals surface area contributed by atoms with Crippen LogP contribution in [0.15, 0.2) is 78.9 Å². The van der Waals surface area contributed by atoms with E-state index in [0.717, 1.165) is 75.9 Å². The number of hydrogen-bond acceptors (Lipinski definition) is 5. The van der Waals surface area contributed by atoms with Gasteiger partial charge in [-0.25, -0.2) is 0 Å². The molecule has 4 rings (SSSR count). The first-order valence-corrected chi connectivity index (χ1v) is 11.9. The van der Waals surface area contributed by atoms with Gasteiger partial charge in [-0.05, 0) is 61.3 Å². The van der Waals surface area contributed by atoms with E-state index in [4.69, 9.17) is 9.47 Å². The van der Waals surface area contributed by atoms with Gasteiger partial charge < -0.3 is 19.7 Å². The van der Waals surface area contributed by atoms with Crippen LogP contribution in [0.4, 0.5) is 11.4 Å². The number of piperazine rings is 1. The Morgan fingerprint density at radius 3 is 2.27 bits per heavy atom. The zero-order chi connectivity index (χ0) is 22.7. The molecule has 1 N–H and O–H groups in total. The second kappa shape index (κ2) is 12.2. The highest BCUT2D eigenvalue weighted by molar-refractivity contribution is 5.58. The summed E-state index contributed by atoms with van der Waals surface area (Å²) in [6.45, 7) is 6.99. The van der Waals surface area contributed by atoms with Gasteiger partial charge in [0.1, 0.15) is 11.5 Å². The predicted octanol–water partition coefficient (Wildman–Crippen LogP) is 5.29. The van der Waals surface area contributed by atoms with Gasteiger partial charge >= 0.3 is 0 Å². The summed E-state index contributed by atoms with van der Waals surface area (Å²) in [6, 6.07) is 27.0. The molecule has 0 aromatic heterocycles. The number of unbranched alkanes of at least 4 members (excludes halogenated alkanes) is 1. The normalized spacial score (nSPS) is 14.2.